The fourth-order valence-corrected chi connectivity index (χ4v) is 3.60. The Morgan fingerprint density at radius 1 is 1.00 bits per heavy atom. The molecule has 3 aromatic rings. The monoisotopic (exact) mass is 409 g/mol. The minimum Gasteiger partial charge on any atom is -0.478 e. The summed E-state index contributed by atoms with van der Waals surface area (Å²) in [5.41, 5.74) is 3.90. The third-order valence-electron chi connectivity index (χ3n) is 4.84. The molecule has 150 valence electrons. The van der Waals surface area contributed by atoms with Gasteiger partial charge in [0.2, 0.25) is 0 Å². The van der Waals surface area contributed by atoms with Crippen molar-refractivity contribution in [2.75, 3.05) is 13.1 Å². The van der Waals surface area contributed by atoms with Crippen LogP contribution < -0.4 is 5.32 Å². The Bertz CT molecular complexity index is 959. The predicted octanol–water partition coefficient (Wildman–Crippen LogP) is 4.96. The van der Waals surface area contributed by atoms with Gasteiger partial charge in [0, 0.05) is 11.6 Å². The third kappa shape index (κ3) is 5.67. The van der Waals surface area contributed by atoms with E-state index in [0.717, 1.165) is 28.7 Å². The largest absolute Gasteiger partial charge is 0.478 e. The number of rotatable bonds is 9. The van der Waals surface area contributed by atoms with Crippen LogP contribution in [0.5, 0.6) is 0 Å². The van der Waals surface area contributed by atoms with Gasteiger partial charge in [-0.05, 0) is 59.8 Å². The van der Waals surface area contributed by atoms with Gasteiger partial charge < -0.3 is 15.5 Å². The van der Waals surface area contributed by atoms with Crippen molar-refractivity contribution in [3.8, 4) is 11.1 Å². The van der Waals surface area contributed by atoms with Crippen LogP contribution in [-0.2, 0) is 6.42 Å². The molecule has 0 radical (unpaired) electrons. The van der Waals surface area contributed by atoms with E-state index in [1.54, 1.807) is 24.3 Å². The molecule has 5 heteroatoms. The zero-order valence-corrected chi connectivity index (χ0v) is 16.8. The van der Waals surface area contributed by atoms with Gasteiger partial charge in [0.15, 0.2) is 0 Å². The van der Waals surface area contributed by atoms with E-state index in [0.29, 0.717) is 30.1 Å². The maximum atomic E-state index is 11.7. The van der Waals surface area contributed by atoms with E-state index in [1.807, 2.05) is 48.5 Å². The van der Waals surface area contributed by atoms with Crippen molar-refractivity contribution < 1.29 is 15.0 Å². The van der Waals surface area contributed by atoms with Crippen LogP contribution in [0.3, 0.4) is 0 Å². The first-order valence-corrected chi connectivity index (χ1v) is 9.99. The van der Waals surface area contributed by atoms with Crippen LogP contribution in [0.4, 0.5) is 0 Å². The molecule has 0 amide bonds. The zero-order chi connectivity index (χ0) is 20.6. The molecule has 29 heavy (non-hydrogen) atoms. The molecule has 0 aliphatic carbocycles. The Kier molecular flexibility index (Phi) is 7.42. The fraction of sp³-hybridized carbons (Fsp3) is 0.208. The van der Waals surface area contributed by atoms with Crippen LogP contribution in [0.25, 0.3) is 11.1 Å². The summed E-state index contributed by atoms with van der Waals surface area (Å²) < 4.78 is 0. The average molecular weight is 410 g/mol. The maximum absolute atomic E-state index is 11.7. The molecule has 0 aromatic heterocycles. The predicted molar refractivity (Wildman–Crippen MR) is 116 cm³/mol. The highest BCUT2D eigenvalue weighted by atomic mass is 35.5. The number of hydrogen-bond acceptors (Lipinski definition) is 3. The zero-order valence-electron chi connectivity index (χ0n) is 16.0. The second-order valence-corrected chi connectivity index (χ2v) is 7.32. The second kappa shape index (κ2) is 10.2. The van der Waals surface area contributed by atoms with E-state index >= 15 is 0 Å². The van der Waals surface area contributed by atoms with Crippen LogP contribution >= 0.6 is 11.6 Å². The maximum Gasteiger partial charge on any atom is 0.335 e. The van der Waals surface area contributed by atoms with E-state index in [1.165, 1.54) is 0 Å². The van der Waals surface area contributed by atoms with Crippen molar-refractivity contribution in [2.24, 2.45) is 0 Å². The minimum atomic E-state index is -0.915. The molecule has 0 unspecified atom stereocenters. The molecular formula is C24H24ClNO3. The van der Waals surface area contributed by atoms with Gasteiger partial charge in [-0.15, -0.1) is 0 Å². The lowest BCUT2D eigenvalue weighted by atomic mass is 9.92. The Balaban J connectivity index is 1.62. The summed E-state index contributed by atoms with van der Waals surface area (Å²) in [6.07, 6.45) is 0.749. The second-order valence-electron chi connectivity index (χ2n) is 6.88. The van der Waals surface area contributed by atoms with E-state index in [4.69, 9.17) is 11.6 Å². The van der Waals surface area contributed by atoms with E-state index in [2.05, 4.69) is 5.32 Å². The number of carboxylic acids is 1. The first kappa shape index (κ1) is 21.1. The van der Waals surface area contributed by atoms with E-state index in [-0.39, 0.29) is 0 Å². The van der Waals surface area contributed by atoms with Gasteiger partial charge in [-0.2, -0.15) is 0 Å². The normalized spacial score (nSPS) is 11.9. The lowest BCUT2D eigenvalue weighted by Crippen LogP contribution is -2.23. The lowest BCUT2D eigenvalue weighted by Gasteiger charge is -2.15. The Labute approximate surface area is 175 Å². The lowest BCUT2D eigenvalue weighted by molar-refractivity contribution is 0.0695. The number of nitrogens with one attached hydrogen (secondary N) is 1. The van der Waals surface area contributed by atoms with Crippen molar-refractivity contribution in [2.45, 2.75) is 18.9 Å². The molecule has 0 aliphatic heterocycles. The Morgan fingerprint density at radius 2 is 1.76 bits per heavy atom. The van der Waals surface area contributed by atoms with Crippen molar-refractivity contribution in [3.05, 3.63) is 94.5 Å². The first-order valence-electron chi connectivity index (χ1n) is 9.61. The molecule has 0 heterocycles. The molecule has 0 saturated carbocycles. The van der Waals surface area contributed by atoms with Crippen molar-refractivity contribution in [1.82, 2.24) is 5.32 Å². The summed E-state index contributed by atoms with van der Waals surface area (Å²) in [5, 5.41) is 23.7. The highest BCUT2D eigenvalue weighted by Crippen LogP contribution is 2.27. The Morgan fingerprint density at radius 3 is 2.48 bits per heavy atom. The molecule has 3 rings (SSSR count). The van der Waals surface area contributed by atoms with Gasteiger partial charge in [0.05, 0.1) is 11.7 Å². The van der Waals surface area contributed by atoms with Gasteiger partial charge in [-0.3, -0.25) is 0 Å². The van der Waals surface area contributed by atoms with Crippen molar-refractivity contribution in [3.63, 3.8) is 0 Å². The SMILES string of the molecule is O=C(O)c1cccc(-c2ccccc2)c1CCCNC[C@H](O)c1cccc(Cl)c1. The topological polar surface area (TPSA) is 69.6 Å². The summed E-state index contributed by atoms with van der Waals surface area (Å²) in [6, 6.07) is 22.4. The summed E-state index contributed by atoms with van der Waals surface area (Å²) in [5.74, 6) is -0.915. The smallest absolute Gasteiger partial charge is 0.335 e. The molecule has 0 bridgehead atoms. The highest BCUT2D eigenvalue weighted by Gasteiger charge is 2.15. The van der Waals surface area contributed by atoms with E-state index in [9.17, 15) is 15.0 Å². The number of halogens is 1. The molecule has 4 nitrogen and oxygen atoms in total. The molecule has 0 fully saturated rings. The summed E-state index contributed by atoms with van der Waals surface area (Å²) in [7, 11) is 0. The fourth-order valence-electron chi connectivity index (χ4n) is 3.41. The van der Waals surface area contributed by atoms with Gasteiger partial charge >= 0.3 is 5.97 Å². The standard InChI is InChI=1S/C24H24ClNO3/c25-19-10-4-9-18(15-19)23(27)16-26-14-6-13-21-20(17-7-2-1-3-8-17)11-5-12-22(21)24(28)29/h1-5,7-12,15,23,26-27H,6,13-14,16H2,(H,28,29)/t23-/m0/s1. The average Bonchev–Trinajstić information content (AvgIpc) is 2.73. The van der Waals surface area contributed by atoms with E-state index < -0.39 is 12.1 Å². The highest BCUT2D eigenvalue weighted by molar-refractivity contribution is 6.30. The van der Waals surface area contributed by atoms with Gasteiger partial charge in [-0.25, -0.2) is 4.79 Å². The molecule has 0 aliphatic rings. The van der Waals surface area contributed by atoms with Gasteiger partial charge in [0.1, 0.15) is 0 Å². The van der Waals surface area contributed by atoms with Crippen molar-refractivity contribution >= 4 is 17.6 Å². The summed E-state index contributed by atoms with van der Waals surface area (Å²) in [6.45, 7) is 1.08. The third-order valence-corrected chi connectivity index (χ3v) is 5.08. The Hall–Kier alpha value is -2.66. The number of aliphatic hydroxyl groups excluding tert-OH is 1. The number of benzene rings is 3. The number of hydrogen-bond donors (Lipinski definition) is 3. The minimum absolute atomic E-state index is 0.338. The van der Waals surface area contributed by atoms with Crippen LogP contribution in [0.15, 0.2) is 72.8 Å². The molecule has 0 spiro atoms. The quantitative estimate of drug-likeness (QED) is 0.437. The number of carboxylic acid groups (broad SMARTS) is 1. The van der Waals surface area contributed by atoms with Crippen molar-refractivity contribution in [1.29, 1.82) is 0 Å². The van der Waals surface area contributed by atoms with Crippen LogP contribution in [0.2, 0.25) is 5.02 Å². The number of carbonyl (C=O) groups is 1. The van der Waals surface area contributed by atoms with Crippen LogP contribution in [0, 0.1) is 0 Å². The summed E-state index contributed by atoms with van der Waals surface area (Å²) in [4.78, 5) is 11.7. The van der Waals surface area contributed by atoms with Crippen LogP contribution in [0.1, 0.15) is 34.0 Å². The molecule has 1 atom stereocenters. The molecule has 3 N–H and O–H groups in total. The van der Waals surface area contributed by atoms with Crippen LogP contribution in [-0.4, -0.2) is 29.3 Å². The van der Waals surface area contributed by atoms with Gasteiger partial charge in [0.25, 0.3) is 0 Å². The molecule has 3 aromatic carbocycles. The first-order chi connectivity index (χ1) is 14.1. The summed E-state index contributed by atoms with van der Waals surface area (Å²) >= 11 is 5.97. The van der Waals surface area contributed by atoms with Gasteiger partial charge in [-0.1, -0.05) is 66.2 Å². The molecular weight excluding hydrogens is 386 g/mol. The number of aliphatic hydroxyl groups is 1. The molecule has 0 saturated heterocycles. The number of aromatic carboxylic acids is 1.